The predicted molar refractivity (Wildman–Crippen MR) is 67.2 cm³/mol. The van der Waals surface area contributed by atoms with Crippen molar-refractivity contribution >= 4 is 11.9 Å². The van der Waals surface area contributed by atoms with Crippen molar-refractivity contribution in [1.82, 2.24) is 5.32 Å². The Hall–Kier alpha value is -2.46. The number of carbonyl (C=O) groups excluding carboxylic acids is 1. The van der Waals surface area contributed by atoms with Crippen molar-refractivity contribution in [3.8, 4) is 5.75 Å². The van der Waals surface area contributed by atoms with Crippen LogP contribution in [0.1, 0.15) is 12.0 Å². The lowest BCUT2D eigenvalue weighted by atomic mass is 10.2. The summed E-state index contributed by atoms with van der Waals surface area (Å²) in [5.74, 6) is -3.94. The first-order chi connectivity index (χ1) is 10.9. The molecule has 0 aromatic heterocycles. The maximum Gasteiger partial charge on any atom is 0.419 e. The maximum absolute atomic E-state index is 12.7. The molecule has 0 saturated carbocycles. The van der Waals surface area contributed by atoms with Gasteiger partial charge in [-0.3, -0.25) is 4.79 Å². The summed E-state index contributed by atoms with van der Waals surface area (Å²) in [5.41, 5.74) is -1.18. The number of amides is 1. The number of nitrogens with one attached hydrogen (secondary N) is 1. The van der Waals surface area contributed by atoms with Crippen molar-refractivity contribution in [3.63, 3.8) is 0 Å². The van der Waals surface area contributed by atoms with E-state index >= 15 is 0 Å². The summed E-state index contributed by atoms with van der Waals surface area (Å²) in [4.78, 5) is 22.1. The van der Waals surface area contributed by atoms with Gasteiger partial charge < -0.3 is 15.2 Å². The van der Waals surface area contributed by atoms with E-state index in [1.807, 2.05) is 0 Å². The van der Waals surface area contributed by atoms with Gasteiger partial charge in [0.15, 0.2) is 6.61 Å². The number of benzene rings is 1. The first-order valence-corrected chi connectivity index (χ1v) is 6.28. The van der Waals surface area contributed by atoms with Crippen molar-refractivity contribution in [1.29, 1.82) is 0 Å². The average Bonchev–Trinajstić information content (AvgIpc) is 2.42. The van der Waals surface area contributed by atoms with Crippen LogP contribution in [0.5, 0.6) is 5.75 Å². The molecule has 5 nitrogen and oxygen atoms in total. The zero-order valence-corrected chi connectivity index (χ0v) is 11.7. The Morgan fingerprint density at radius 1 is 1.12 bits per heavy atom. The van der Waals surface area contributed by atoms with E-state index in [9.17, 15) is 35.9 Å². The Balaban J connectivity index is 2.71. The molecule has 0 aliphatic rings. The van der Waals surface area contributed by atoms with Crippen LogP contribution in [0.25, 0.3) is 0 Å². The number of rotatable bonds is 6. The zero-order chi connectivity index (χ0) is 18.5. The van der Waals surface area contributed by atoms with Gasteiger partial charge in [-0.25, -0.2) is 4.79 Å². The summed E-state index contributed by atoms with van der Waals surface area (Å²) in [5, 5.41) is 10.2. The standard InChI is InChI=1S/C13H11F6NO4/c14-12(15,16)5-8(11(22)23)20-10(21)6-24-9-4-2-1-3-7(9)13(17,18)19/h1-4,8H,5-6H2,(H,20,21)(H,22,23). The van der Waals surface area contributed by atoms with Gasteiger partial charge in [0.1, 0.15) is 11.8 Å². The fourth-order valence-electron chi connectivity index (χ4n) is 1.64. The number of ether oxygens (including phenoxy) is 1. The molecule has 1 rings (SSSR count). The van der Waals surface area contributed by atoms with E-state index in [0.717, 1.165) is 12.1 Å². The molecular formula is C13H11F6NO4. The predicted octanol–water partition coefficient (Wildman–Crippen LogP) is 2.61. The number of aliphatic carboxylic acids is 1. The Morgan fingerprint density at radius 2 is 1.71 bits per heavy atom. The molecule has 0 radical (unpaired) electrons. The summed E-state index contributed by atoms with van der Waals surface area (Å²) in [6.45, 7) is -1.07. The van der Waals surface area contributed by atoms with Gasteiger partial charge in [-0.1, -0.05) is 12.1 Å². The molecule has 1 aromatic carbocycles. The molecule has 0 aliphatic heterocycles. The Bertz CT molecular complexity index is 599. The molecule has 1 amide bonds. The number of carboxylic acid groups (broad SMARTS) is 1. The summed E-state index contributed by atoms with van der Waals surface area (Å²) < 4.78 is 79.2. The zero-order valence-electron chi connectivity index (χ0n) is 11.7. The molecular weight excluding hydrogens is 348 g/mol. The summed E-state index contributed by atoms with van der Waals surface area (Å²) in [7, 11) is 0. The second-order valence-corrected chi connectivity index (χ2v) is 4.56. The monoisotopic (exact) mass is 359 g/mol. The van der Waals surface area contributed by atoms with E-state index in [4.69, 9.17) is 5.11 Å². The molecule has 0 fully saturated rings. The van der Waals surface area contributed by atoms with Crippen LogP contribution in [-0.2, 0) is 15.8 Å². The van der Waals surface area contributed by atoms with Crippen LogP contribution in [0.15, 0.2) is 24.3 Å². The first-order valence-electron chi connectivity index (χ1n) is 6.28. The van der Waals surface area contributed by atoms with Gasteiger partial charge in [0.25, 0.3) is 5.91 Å². The number of carbonyl (C=O) groups is 2. The van der Waals surface area contributed by atoms with Gasteiger partial charge in [-0.2, -0.15) is 26.3 Å². The number of alkyl halides is 6. The van der Waals surface area contributed by atoms with Crippen LogP contribution in [0.3, 0.4) is 0 Å². The minimum Gasteiger partial charge on any atom is -0.483 e. The highest BCUT2D eigenvalue weighted by Gasteiger charge is 2.37. The van der Waals surface area contributed by atoms with E-state index in [-0.39, 0.29) is 0 Å². The normalized spacial score (nSPS) is 13.2. The van der Waals surface area contributed by atoms with Crippen LogP contribution >= 0.6 is 0 Å². The minimum absolute atomic E-state index is 0.691. The molecule has 0 heterocycles. The van der Waals surface area contributed by atoms with Gasteiger partial charge in [0.2, 0.25) is 0 Å². The molecule has 0 aliphatic carbocycles. The molecule has 2 N–H and O–H groups in total. The third-order valence-corrected chi connectivity index (χ3v) is 2.62. The number of hydrogen-bond acceptors (Lipinski definition) is 3. The van der Waals surface area contributed by atoms with Gasteiger partial charge in [-0.15, -0.1) is 0 Å². The van der Waals surface area contributed by atoms with Crippen molar-refractivity contribution in [3.05, 3.63) is 29.8 Å². The fourth-order valence-corrected chi connectivity index (χ4v) is 1.64. The van der Waals surface area contributed by atoms with E-state index in [2.05, 4.69) is 4.74 Å². The van der Waals surface area contributed by atoms with E-state index in [1.165, 1.54) is 11.4 Å². The molecule has 0 spiro atoms. The highest BCUT2D eigenvalue weighted by atomic mass is 19.4. The summed E-state index contributed by atoms with van der Waals surface area (Å²) in [6.07, 6.45) is -11.4. The molecule has 24 heavy (non-hydrogen) atoms. The maximum atomic E-state index is 12.7. The highest BCUT2D eigenvalue weighted by molar-refractivity contribution is 5.84. The topological polar surface area (TPSA) is 75.6 Å². The lowest BCUT2D eigenvalue weighted by Crippen LogP contribution is -2.45. The van der Waals surface area contributed by atoms with Gasteiger partial charge in [0.05, 0.1) is 12.0 Å². The quantitative estimate of drug-likeness (QED) is 0.766. The summed E-state index contributed by atoms with van der Waals surface area (Å²) in [6, 6.07) is 1.63. The molecule has 1 aromatic rings. The molecule has 11 heteroatoms. The van der Waals surface area contributed by atoms with Crippen molar-refractivity contribution in [2.24, 2.45) is 0 Å². The van der Waals surface area contributed by atoms with Gasteiger partial charge in [-0.05, 0) is 12.1 Å². The van der Waals surface area contributed by atoms with Gasteiger partial charge >= 0.3 is 18.3 Å². The minimum atomic E-state index is -4.85. The van der Waals surface area contributed by atoms with Crippen molar-refractivity contribution in [2.45, 2.75) is 24.8 Å². The highest BCUT2D eigenvalue weighted by Crippen LogP contribution is 2.35. The van der Waals surface area contributed by atoms with E-state index in [0.29, 0.717) is 6.07 Å². The smallest absolute Gasteiger partial charge is 0.419 e. The van der Waals surface area contributed by atoms with Crippen LogP contribution in [-0.4, -0.2) is 35.8 Å². The second-order valence-electron chi connectivity index (χ2n) is 4.56. The average molecular weight is 359 g/mol. The van der Waals surface area contributed by atoms with Gasteiger partial charge in [0, 0.05) is 0 Å². The SMILES string of the molecule is O=C(COc1ccccc1C(F)(F)F)NC(CC(F)(F)F)C(=O)O. The lowest BCUT2D eigenvalue weighted by Gasteiger charge is -2.17. The third-order valence-electron chi connectivity index (χ3n) is 2.62. The van der Waals surface area contributed by atoms with Crippen molar-refractivity contribution < 1.29 is 45.8 Å². The number of para-hydroxylation sites is 1. The Labute approximate surface area is 131 Å². The summed E-state index contributed by atoms with van der Waals surface area (Å²) >= 11 is 0. The molecule has 0 saturated heterocycles. The fraction of sp³-hybridized carbons (Fsp3) is 0.385. The first kappa shape index (κ1) is 19.6. The Morgan fingerprint density at radius 3 is 2.21 bits per heavy atom. The molecule has 1 atom stereocenters. The number of carboxylic acids is 1. The van der Waals surface area contributed by atoms with Crippen LogP contribution < -0.4 is 10.1 Å². The number of hydrogen-bond donors (Lipinski definition) is 2. The molecule has 134 valence electrons. The lowest BCUT2D eigenvalue weighted by molar-refractivity contribution is -0.160. The third kappa shape index (κ3) is 6.34. The largest absolute Gasteiger partial charge is 0.483 e. The van der Waals surface area contributed by atoms with E-state index in [1.54, 1.807) is 0 Å². The van der Waals surface area contributed by atoms with E-state index < -0.39 is 54.6 Å². The number of halogens is 6. The van der Waals surface area contributed by atoms with Crippen LogP contribution in [0.2, 0.25) is 0 Å². The van der Waals surface area contributed by atoms with Crippen LogP contribution in [0.4, 0.5) is 26.3 Å². The van der Waals surface area contributed by atoms with Crippen LogP contribution in [0, 0.1) is 0 Å². The molecule has 1 unspecified atom stereocenters. The second kappa shape index (κ2) is 7.41. The van der Waals surface area contributed by atoms with Crippen molar-refractivity contribution in [2.75, 3.05) is 6.61 Å². The molecule has 0 bridgehead atoms. The Kier molecular flexibility index (Phi) is 6.04.